The van der Waals surface area contributed by atoms with Gasteiger partial charge in [0.15, 0.2) is 0 Å². The number of ether oxygens (including phenoxy) is 1. The fourth-order valence-electron chi connectivity index (χ4n) is 2.83. The zero-order valence-electron chi connectivity index (χ0n) is 15.7. The quantitative estimate of drug-likeness (QED) is 0.518. The molecule has 5 nitrogen and oxygen atoms in total. The van der Waals surface area contributed by atoms with Gasteiger partial charge < -0.3 is 10.1 Å². The summed E-state index contributed by atoms with van der Waals surface area (Å²) in [5.41, 5.74) is 3.31. The molecule has 4 aromatic rings. The number of hydrogen-bond donors (Lipinski definition) is 1. The highest BCUT2D eigenvalue weighted by Crippen LogP contribution is 2.22. The van der Waals surface area contributed by atoms with Crippen LogP contribution in [0.25, 0.3) is 11.1 Å². The number of amides is 1. The van der Waals surface area contributed by atoms with E-state index in [4.69, 9.17) is 4.74 Å². The lowest BCUT2D eigenvalue weighted by Crippen LogP contribution is -2.22. The fourth-order valence-corrected chi connectivity index (χ4v) is 2.83. The van der Waals surface area contributed by atoms with Crippen LogP contribution in [0, 0.1) is 0 Å². The summed E-state index contributed by atoms with van der Waals surface area (Å²) < 4.78 is 5.62. The van der Waals surface area contributed by atoms with Crippen molar-refractivity contribution in [1.82, 2.24) is 15.3 Å². The number of carbonyl (C=O) groups is 1. The van der Waals surface area contributed by atoms with E-state index in [1.54, 1.807) is 18.5 Å². The van der Waals surface area contributed by atoms with Crippen LogP contribution in [-0.4, -0.2) is 15.9 Å². The molecule has 1 amide bonds. The van der Waals surface area contributed by atoms with E-state index in [1.165, 1.54) is 0 Å². The highest BCUT2D eigenvalue weighted by Gasteiger charge is 2.08. The van der Waals surface area contributed by atoms with E-state index in [2.05, 4.69) is 15.3 Å². The van der Waals surface area contributed by atoms with Gasteiger partial charge in [-0.2, -0.15) is 0 Å². The zero-order valence-corrected chi connectivity index (χ0v) is 15.7. The lowest BCUT2D eigenvalue weighted by Gasteiger charge is -2.08. The Morgan fingerprint density at radius 3 is 2.21 bits per heavy atom. The maximum atomic E-state index is 12.5. The standard InChI is InChI=1S/C24H19N3O2/c28-23(25-15-18-8-3-1-4-9-18)20-11-7-10-19(14-20)21-16-26-24(27-17-21)29-22-12-5-2-6-13-22/h1-14,16-17H,15H2,(H,25,28). The van der Waals surface area contributed by atoms with E-state index in [1.807, 2.05) is 78.9 Å². The molecule has 0 atom stereocenters. The minimum atomic E-state index is -0.124. The van der Waals surface area contributed by atoms with Gasteiger partial charge in [0.05, 0.1) is 0 Å². The number of carbonyl (C=O) groups excluding carboxylic acids is 1. The predicted molar refractivity (Wildman–Crippen MR) is 112 cm³/mol. The molecule has 0 saturated heterocycles. The maximum absolute atomic E-state index is 12.5. The summed E-state index contributed by atoms with van der Waals surface area (Å²) in [5, 5.41) is 2.94. The van der Waals surface area contributed by atoms with Crippen molar-refractivity contribution >= 4 is 5.91 Å². The minimum Gasteiger partial charge on any atom is -0.424 e. The predicted octanol–water partition coefficient (Wildman–Crippen LogP) is 4.87. The Labute approximate surface area is 169 Å². The van der Waals surface area contributed by atoms with Gasteiger partial charge in [-0.25, -0.2) is 9.97 Å². The number of benzene rings is 3. The topological polar surface area (TPSA) is 64.1 Å². The number of para-hydroxylation sites is 1. The maximum Gasteiger partial charge on any atom is 0.321 e. The van der Waals surface area contributed by atoms with Crippen LogP contribution in [0.3, 0.4) is 0 Å². The molecule has 0 spiro atoms. The highest BCUT2D eigenvalue weighted by molar-refractivity contribution is 5.95. The average Bonchev–Trinajstić information content (AvgIpc) is 2.79. The molecule has 0 aliphatic rings. The molecule has 3 aromatic carbocycles. The Hall–Kier alpha value is -3.99. The second-order valence-corrected chi connectivity index (χ2v) is 6.42. The molecule has 0 aliphatic heterocycles. The number of rotatable bonds is 6. The molecule has 0 radical (unpaired) electrons. The van der Waals surface area contributed by atoms with E-state index in [0.717, 1.165) is 16.7 Å². The van der Waals surface area contributed by atoms with Crippen molar-refractivity contribution in [1.29, 1.82) is 0 Å². The third-order valence-corrected chi connectivity index (χ3v) is 4.33. The van der Waals surface area contributed by atoms with E-state index >= 15 is 0 Å². The largest absolute Gasteiger partial charge is 0.424 e. The van der Waals surface area contributed by atoms with E-state index in [0.29, 0.717) is 17.9 Å². The van der Waals surface area contributed by atoms with E-state index < -0.39 is 0 Å². The van der Waals surface area contributed by atoms with Crippen molar-refractivity contribution in [3.8, 4) is 22.9 Å². The molecule has 5 heteroatoms. The second kappa shape index (κ2) is 8.80. The van der Waals surface area contributed by atoms with Crippen molar-refractivity contribution in [3.63, 3.8) is 0 Å². The third-order valence-electron chi connectivity index (χ3n) is 4.33. The molecule has 0 bridgehead atoms. The summed E-state index contributed by atoms with van der Waals surface area (Å²) in [5.74, 6) is 0.554. The smallest absolute Gasteiger partial charge is 0.321 e. The monoisotopic (exact) mass is 381 g/mol. The van der Waals surface area contributed by atoms with Crippen molar-refractivity contribution in [2.24, 2.45) is 0 Å². The van der Waals surface area contributed by atoms with E-state index in [9.17, 15) is 4.79 Å². The van der Waals surface area contributed by atoms with Gasteiger partial charge in [0.1, 0.15) is 5.75 Å². The highest BCUT2D eigenvalue weighted by atomic mass is 16.5. The molecule has 0 unspecified atom stereocenters. The van der Waals surface area contributed by atoms with Gasteiger partial charge >= 0.3 is 6.01 Å². The van der Waals surface area contributed by atoms with E-state index in [-0.39, 0.29) is 11.9 Å². The lowest BCUT2D eigenvalue weighted by molar-refractivity contribution is 0.0951. The van der Waals surface area contributed by atoms with Crippen LogP contribution >= 0.6 is 0 Å². The molecule has 0 saturated carbocycles. The van der Waals surface area contributed by atoms with Crippen LogP contribution in [0.15, 0.2) is 97.3 Å². The van der Waals surface area contributed by atoms with Gasteiger partial charge in [0.2, 0.25) is 0 Å². The summed E-state index contributed by atoms with van der Waals surface area (Å²) in [4.78, 5) is 21.0. The third kappa shape index (κ3) is 4.84. The minimum absolute atomic E-state index is 0.124. The van der Waals surface area contributed by atoms with Crippen LogP contribution in [-0.2, 0) is 6.54 Å². The Kier molecular flexibility index (Phi) is 5.58. The number of nitrogens with zero attached hydrogens (tertiary/aromatic N) is 2. The van der Waals surface area contributed by atoms with Gasteiger partial charge in [-0.1, -0.05) is 60.7 Å². The summed E-state index contributed by atoms with van der Waals surface area (Å²) in [7, 11) is 0. The SMILES string of the molecule is O=C(NCc1ccccc1)c1cccc(-c2cnc(Oc3ccccc3)nc2)c1. The lowest BCUT2D eigenvalue weighted by atomic mass is 10.1. The summed E-state index contributed by atoms with van der Waals surface area (Å²) in [6, 6.07) is 26.9. The Bertz CT molecular complexity index is 1080. The van der Waals surface area contributed by atoms with Crippen molar-refractivity contribution < 1.29 is 9.53 Å². The van der Waals surface area contributed by atoms with Crippen molar-refractivity contribution in [2.45, 2.75) is 6.54 Å². The molecule has 1 N–H and O–H groups in total. The molecule has 142 valence electrons. The van der Waals surface area contributed by atoms with Crippen LogP contribution in [0.5, 0.6) is 11.8 Å². The summed E-state index contributed by atoms with van der Waals surface area (Å²) in [6.45, 7) is 0.485. The molecule has 29 heavy (non-hydrogen) atoms. The van der Waals surface area contributed by atoms with Crippen LogP contribution in [0.1, 0.15) is 15.9 Å². The molecular weight excluding hydrogens is 362 g/mol. The molecular formula is C24H19N3O2. The van der Waals surface area contributed by atoms with Gasteiger partial charge in [-0.3, -0.25) is 4.79 Å². The molecule has 0 fully saturated rings. The van der Waals surface area contributed by atoms with Gasteiger partial charge in [0, 0.05) is 30.1 Å². The summed E-state index contributed by atoms with van der Waals surface area (Å²) in [6.07, 6.45) is 3.37. The van der Waals surface area contributed by atoms with Gasteiger partial charge in [-0.15, -0.1) is 0 Å². The fraction of sp³-hybridized carbons (Fsp3) is 0.0417. The molecule has 1 heterocycles. The van der Waals surface area contributed by atoms with Gasteiger partial charge in [0.25, 0.3) is 5.91 Å². The Balaban J connectivity index is 1.44. The molecule has 4 rings (SSSR count). The summed E-state index contributed by atoms with van der Waals surface area (Å²) >= 11 is 0. The number of aromatic nitrogens is 2. The second-order valence-electron chi connectivity index (χ2n) is 6.42. The first-order valence-electron chi connectivity index (χ1n) is 9.25. The molecule has 1 aromatic heterocycles. The normalized spacial score (nSPS) is 10.3. The van der Waals surface area contributed by atoms with Crippen LogP contribution in [0.4, 0.5) is 0 Å². The zero-order chi connectivity index (χ0) is 19.9. The van der Waals surface area contributed by atoms with Crippen LogP contribution < -0.4 is 10.1 Å². The first-order chi connectivity index (χ1) is 14.3. The number of hydrogen-bond acceptors (Lipinski definition) is 4. The average molecular weight is 381 g/mol. The first-order valence-corrected chi connectivity index (χ1v) is 9.25. The van der Waals surface area contributed by atoms with Crippen LogP contribution in [0.2, 0.25) is 0 Å². The Morgan fingerprint density at radius 1 is 0.793 bits per heavy atom. The van der Waals surface area contributed by atoms with Gasteiger partial charge in [-0.05, 0) is 35.4 Å². The molecule has 0 aliphatic carbocycles. The van der Waals surface area contributed by atoms with Crippen molar-refractivity contribution in [3.05, 3.63) is 108 Å². The Morgan fingerprint density at radius 2 is 1.48 bits per heavy atom. The number of nitrogens with one attached hydrogen (secondary N) is 1. The van der Waals surface area contributed by atoms with Crippen molar-refractivity contribution in [2.75, 3.05) is 0 Å². The first kappa shape index (κ1) is 18.4.